The van der Waals surface area contributed by atoms with Gasteiger partial charge in [-0.3, -0.25) is 22.4 Å². The topological polar surface area (TPSA) is 60.3 Å². The highest BCUT2D eigenvalue weighted by Crippen LogP contribution is 2.51. The van der Waals surface area contributed by atoms with E-state index in [9.17, 15) is 0 Å². The number of aryl methyl sites for hydroxylation is 6. The lowest BCUT2D eigenvalue weighted by Gasteiger charge is -2.38. The predicted molar refractivity (Wildman–Crippen MR) is 628 cm³/mol. The van der Waals surface area contributed by atoms with E-state index < -0.39 is 0 Å². The molecule has 0 fully saturated rings. The molecule has 0 bridgehead atoms. The number of para-hydroxylation sites is 10. The minimum Gasteiger partial charge on any atom is -0.372 e. The molecule has 10 aliphatic heterocycles. The van der Waals surface area contributed by atoms with Crippen LogP contribution in [-0.2, 0) is 32.7 Å². The second kappa shape index (κ2) is 35.9. The summed E-state index contributed by atoms with van der Waals surface area (Å²) in [6, 6.07) is 113. The number of aromatic nitrogens is 10. The summed E-state index contributed by atoms with van der Waals surface area (Å²) in [6.45, 7) is 52.7. The van der Waals surface area contributed by atoms with Gasteiger partial charge in [0, 0.05) is 102 Å². The Morgan fingerprint density at radius 1 is 0.227 bits per heavy atom. The van der Waals surface area contributed by atoms with Crippen LogP contribution >= 0.6 is 0 Å². The normalized spacial score (nSPS) is 14.2. The van der Waals surface area contributed by atoms with E-state index in [2.05, 4.69) is 525 Å². The third kappa shape index (κ3) is 13.9. The lowest BCUT2D eigenvalue weighted by atomic mass is 9.57. The molecule has 0 amide bonds. The fourth-order valence-corrected chi connectivity index (χ4v) is 28.7. The quantitative estimate of drug-likeness (QED) is 0.108. The van der Waals surface area contributed by atoms with Crippen molar-refractivity contribution in [3.63, 3.8) is 0 Å². The van der Waals surface area contributed by atoms with Crippen molar-refractivity contribution in [3.8, 4) is 56.9 Å². The molecule has 150 heavy (non-hydrogen) atoms. The third-order valence-electron chi connectivity index (χ3n) is 34.8. The van der Waals surface area contributed by atoms with Gasteiger partial charge in [-0.1, -0.05) is 282 Å². The van der Waals surface area contributed by atoms with E-state index in [1.807, 2.05) is 0 Å². The van der Waals surface area contributed by atoms with Gasteiger partial charge in [-0.2, -0.15) is 0 Å². The van der Waals surface area contributed by atoms with Crippen molar-refractivity contribution in [2.45, 2.75) is 207 Å². The van der Waals surface area contributed by atoms with Gasteiger partial charge in [0.05, 0.1) is 27.8 Å². The van der Waals surface area contributed by atoms with E-state index in [0.717, 1.165) is 39.3 Å². The molecule has 0 N–H and O–H groups in total. The van der Waals surface area contributed by atoms with Crippen LogP contribution in [-0.4, -0.2) is 90.5 Å². The number of imidazole rings is 5. The first-order valence-electron chi connectivity index (χ1n) is 55.2. The fraction of sp³-hybridized carbons (Fsp3) is 0.269. The van der Waals surface area contributed by atoms with Crippen molar-refractivity contribution in [2.75, 3.05) is 44.7 Å². The van der Waals surface area contributed by atoms with E-state index in [-0.39, 0.29) is 34.9 Å². The Morgan fingerprint density at radius 3 is 0.740 bits per heavy atom. The smallest absolute Gasteiger partial charge is 0.372 e. The molecular formula is C130H135B5N15+5. The van der Waals surface area contributed by atoms with E-state index in [4.69, 9.17) is 0 Å². The summed E-state index contributed by atoms with van der Waals surface area (Å²) >= 11 is 0. The van der Waals surface area contributed by atoms with E-state index in [1.54, 1.807) is 0 Å². The average Bonchev–Trinajstić information content (AvgIpc) is 1.53. The number of benzene rings is 15. The second-order valence-corrected chi connectivity index (χ2v) is 46.3. The van der Waals surface area contributed by atoms with Crippen LogP contribution in [0.1, 0.15) is 204 Å². The highest BCUT2D eigenvalue weighted by Gasteiger charge is 2.58. The molecule has 0 saturated heterocycles. The number of nitrogens with zero attached hydrogens (tertiary/aromatic N) is 15. The lowest BCUT2D eigenvalue weighted by Crippen LogP contribution is -2.73. The molecule has 20 heteroatoms. The zero-order valence-corrected chi connectivity index (χ0v) is 91.2. The van der Waals surface area contributed by atoms with Crippen molar-refractivity contribution in [1.29, 1.82) is 0 Å². The van der Waals surface area contributed by atoms with E-state index in [0.29, 0.717) is 41.7 Å². The maximum atomic E-state index is 2.68. The van der Waals surface area contributed by atoms with Gasteiger partial charge in [0.2, 0.25) is 0 Å². The summed E-state index contributed by atoms with van der Waals surface area (Å²) < 4.78 is 25.6. The molecule has 0 saturated carbocycles. The molecule has 0 atom stereocenters. The molecule has 0 aliphatic carbocycles. The van der Waals surface area contributed by atoms with Gasteiger partial charge in [-0.05, 0) is 260 Å². The zero-order valence-electron chi connectivity index (χ0n) is 91.2. The van der Waals surface area contributed by atoms with Gasteiger partial charge in [-0.15, -0.1) is 0 Å². The van der Waals surface area contributed by atoms with Crippen LogP contribution in [0, 0.1) is 47.5 Å². The van der Waals surface area contributed by atoms with Crippen LogP contribution in [0.5, 0.6) is 0 Å². The average molecular weight is 1960 g/mol. The second-order valence-electron chi connectivity index (χ2n) is 46.3. The number of hydrogen-bond donors (Lipinski definition) is 0. The first kappa shape index (κ1) is 94.7. The predicted octanol–water partition coefficient (Wildman–Crippen LogP) is 22.2. The fourth-order valence-electron chi connectivity index (χ4n) is 28.7. The maximum absolute atomic E-state index is 2.68. The van der Waals surface area contributed by atoms with Crippen LogP contribution in [0.3, 0.4) is 0 Å². The molecule has 30 rings (SSSR count). The molecule has 15 heterocycles. The molecule has 740 valence electrons. The molecule has 5 aromatic heterocycles. The first-order valence-corrected chi connectivity index (χ1v) is 55.2. The molecular weight excluding hydrogens is 1830 g/mol. The summed E-state index contributed by atoms with van der Waals surface area (Å²) in [4.78, 5) is 12.9. The van der Waals surface area contributed by atoms with Crippen molar-refractivity contribution in [2.24, 2.45) is 5.92 Å². The Labute approximate surface area is 886 Å². The van der Waals surface area contributed by atoms with Crippen molar-refractivity contribution < 1.29 is 22.4 Å². The summed E-state index contributed by atoms with van der Waals surface area (Å²) in [7, 11) is 4.52. The van der Waals surface area contributed by atoms with Crippen LogP contribution < -0.4 is 73.8 Å². The molecule has 0 spiro atoms. The lowest BCUT2D eigenvalue weighted by molar-refractivity contribution is -0.495. The molecule has 0 radical (unpaired) electrons. The summed E-state index contributed by atoms with van der Waals surface area (Å²) in [5.74, 6) is 9.26. The van der Waals surface area contributed by atoms with Gasteiger partial charge in [0.15, 0.2) is 55.2 Å². The molecule has 10 aliphatic rings. The summed E-state index contributed by atoms with van der Waals surface area (Å²) in [5, 5.41) is 0. The zero-order chi connectivity index (χ0) is 103. The van der Waals surface area contributed by atoms with Crippen molar-refractivity contribution >= 4 is 146 Å². The van der Waals surface area contributed by atoms with Gasteiger partial charge in [0.25, 0.3) is 29.1 Å². The number of fused-ring (bicyclic) bond motifs is 15. The van der Waals surface area contributed by atoms with Crippen molar-refractivity contribution in [3.05, 3.63) is 387 Å². The summed E-state index contributed by atoms with van der Waals surface area (Å²) in [6.07, 6.45) is 0. The number of hydrogen-bond acceptors (Lipinski definition) is 5. The van der Waals surface area contributed by atoms with Crippen LogP contribution in [0.25, 0.3) is 112 Å². The largest absolute Gasteiger partial charge is 0.538 e. The minimum atomic E-state index is 0.128. The Morgan fingerprint density at radius 2 is 0.447 bits per heavy atom. The SMILES string of the molecule is CC(C)c1cccc(C(C)C)c1B1N(C(C)C)c2cccc3c2-c2n(c4ccccc4[n+]21)C3.CC(C)c1cccc(C(C)C)c1B1N(C)c2cccc3c2-c2n(c4ccccc4[n+]21)C3.Cc1cccc(C)c1B1N(C(C)C)c2cccc3c2-c2n(c4ccccc4[n+]21)C3.Cc1cccc(C)c1B1N(C)c2cccc3c2-c2n(c4ccccc4[n+]21)C3.Cc1cccc(C)c1B1N(CC(C)C)c2cccc3c2-c2n(c4ccccc4[n+]21)C3. The molecule has 0 unspecified atom stereocenters. The maximum Gasteiger partial charge on any atom is 0.538 e. The first-order chi connectivity index (χ1) is 72.7. The highest BCUT2D eigenvalue weighted by molar-refractivity contribution is 6.74. The Kier molecular flexibility index (Phi) is 22.6. The van der Waals surface area contributed by atoms with Crippen LogP contribution in [0.15, 0.2) is 303 Å². The van der Waals surface area contributed by atoms with Gasteiger partial charge in [0.1, 0.15) is 32.7 Å². The molecule has 20 aromatic rings. The Balaban J connectivity index is 0.0000000946. The standard InChI is InChI=1S/C29H33BN3.C27H29BN3.C26H27BN3.C25H25BN3.C23H21BN3/c1-18(2)22-12-10-13-23(19(3)4)28(22)30-32(20(5)6)26-16-9-11-21-17-31-24-14-7-8-15-25(24)33(30)29(31)27(21)26;1-17(2)20-11-9-12-21(18(3)4)26(20)28-29(5)24-15-8-10-19-16-30-22-13-6-7-14-23(22)31(28)27(30)25(19)24;1-17(2)15-29-23-14-8-11-20-16-28-21-12-5-6-13-22(21)30(26(28)24(20)23)27(29)25-18(3)9-7-10-19(25)4;1-16(2)28-22-14-8-11-19-15-27-20-12-5-6-13-21(20)29(25(27)23(19)22)26(28)24-17(3)9-7-10-18(24)4;1-15-8-6-9-16(2)22(15)24-25(3)20-13-7-10-17-14-26-18-11-4-5-12-19(18)27(24)23(26)21(17)20/h7-16,18-20H,17H2,1-6H3;6-15,17-18H,16H2,1-5H3;5-14,17H,15-16H2,1-4H3;5-14,16H,15H2,1-4H3;4-13H,14H2,1-3H3/q5*+1. The van der Waals surface area contributed by atoms with Crippen LogP contribution in [0.2, 0.25) is 0 Å². The molecule has 15 nitrogen and oxygen atoms in total. The van der Waals surface area contributed by atoms with Crippen molar-refractivity contribution in [1.82, 2.24) is 22.8 Å². The van der Waals surface area contributed by atoms with E-state index >= 15 is 0 Å². The highest BCUT2D eigenvalue weighted by atomic mass is 15.3. The number of rotatable bonds is 13. The van der Waals surface area contributed by atoms with Gasteiger partial charge in [-0.25, -0.2) is 22.8 Å². The Bertz CT molecular complexity index is 8890. The molecule has 15 aromatic carbocycles. The summed E-state index contributed by atoms with van der Waals surface area (Å²) in [5.41, 5.74) is 55.5. The van der Waals surface area contributed by atoms with E-state index in [1.165, 1.54) is 251 Å². The number of anilines is 5. The van der Waals surface area contributed by atoms with Gasteiger partial charge >= 0.3 is 34.9 Å². The third-order valence-corrected chi connectivity index (χ3v) is 34.8. The Hall–Kier alpha value is -15.0. The van der Waals surface area contributed by atoms with Crippen LogP contribution in [0.4, 0.5) is 28.4 Å². The van der Waals surface area contributed by atoms with Gasteiger partial charge < -0.3 is 24.1 Å². The minimum absolute atomic E-state index is 0.128. The monoisotopic (exact) mass is 1960 g/mol.